The van der Waals surface area contributed by atoms with Gasteiger partial charge in [-0.1, -0.05) is 95.1 Å². The highest BCUT2D eigenvalue weighted by Crippen LogP contribution is 2.51. The Kier molecular flexibility index (Phi) is 6.12. The molecule has 3 nitrogen and oxygen atoms in total. The average molecular weight is 541 g/mol. The summed E-state index contributed by atoms with van der Waals surface area (Å²) < 4.78 is 7.85. The molecule has 0 bridgehead atoms. The first-order chi connectivity index (χ1) is 20.0. The molecular formula is C38H42N3+. The van der Waals surface area contributed by atoms with Crippen molar-refractivity contribution >= 4 is 32.8 Å². The molecule has 4 aromatic carbocycles. The van der Waals surface area contributed by atoms with Crippen LogP contribution >= 0.6 is 0 Å². The number of imidazole rings is 1. The number of fused-ring (bicyclic) bond motifs is 8. The van der Waals surface area contributed by atoms with Gasteiger partial charge < -0.3 is 4.57 Å². The van der Waals surface area contributed by atoms with Crippen LogP contribution in [0.2, 0.25) is 0 Å². The predicted molar refractivity (Wildman–Crippen MR) is 173 cm³/mol. The first kappa shape index (κ1) is 26.1. The number of rotatable bonds is 7. The van der Waals surface area contributed by atoms with Gasteiger partial charge in [-0.05, 0) is 68.1 Å². The molecule has 0 radical (unpaired) electrons. The normalized spacial score (nSPS) is 20.1. The number of unbranched alkanes of at least 4 members (excludes halogenated alkanes) is 2. The zero-order chi connectivity index (χ0) is 28.4. The number of benzene rings is 4. The van der Waals surface area contributed by atoms with E-state index in [-0.39, 0.29) is 11.0 Å². The van der Waals surface area contributed by atoms with Crippen LogP contribution in [0.4, 0.5) is 0 Å². The molecule has 0 fully saturated rings. The van der Waals surface area contributed by atoms with E-state index >= 15 is 0 Å². The van der Waals surface area contributed by atoms with Gasteiger partial charge in [0.2, 0.25) is 0 Å². The summed E-state index contributed by atoms with van der Waals surface area (Å²) in [5.41, 5.74) is 9.25. The average Bonchev–Trinajstić information content (AvgIpc) is 3.54. The molecule has 0 amide bonds. The van der Waals surface area contributed by atoms with Gasteiger partial charge in [-0.25, -0.2) is 4.57 Å². The van der Waals surface area contributed by atoms with Crippen LogP contribution in [0.15, 0.2) is 91.0 Å². The summed E-state index contributed by atoms with van der Waals surface area (Å²) >= 11 is 0. The molecule has 2 aromatic heterocycles. The van der Waals surface area contributed by atoms with E-state index in [4.69, 9.17) is 0 Å². The van der Waals surface area contributed by atoms with E-state index in [0.717, 1.165) is 19.4 Å². The van der Waals surface area contributed by atoms with Crippen LogP contribution in [-0.4, -0.2) is 9.13 Å². The third-order valence-electron chi connectivity index (χ3n) is 10.6. The highest BCUT2D eigenvalue weighted by molar-refractivity contribution is 6.12. The standard InChI is InChI=1S/C38H42N3/c1-6-9-16-26-39-30-21-13-11-19-28(30)35-33(39)24-17-25-34(35)40-31-22-14-15-23-32(31)41-36(40)27-18-10-12-20-29(27)37(4,7-2)38(41,5)8-3/h10-15,17-25H,6-9,16,26H2,1-5H3/q+1. The highest BCUT2D eigenvalue weighted by Gasteiger charge is 2.56. The Labute approximate surface area is 244 Å². The van der Waals surface area contributed by atoms with Crippen molar-refractivity contribution < 1.29 is 4.57 Å². The Hall–Kier alpha value is -3.85. The van der Waals surface area contributed by atoms with Crippen LogP contribution < -0.4 is 4.57 Å². The minimum absolute atomic E-state index is 0.00623. The largest absolute Gasteiger partial charge is 0.340 e. The molecule has 0 N–H and O–H groups in total. The number of aryl methyl sites for hydroxylation is 1. The first-order valence-electron chi connectivity index (χ1n) is 15.7. The molecule has 0 saturated heterocycles. The van der Waals surface area contributed by atoms with Crippen LogP contribution in [-0.2, 0) is 17.5 Å². The van der Waals surface area contributed by atoms with Crippen molar-refractivity contribution in [3.05, 3.63) is 96.6 Å². The molecule has 0 saturated carbocycles. The van der Waals surface area contributed by atoms with Gasteiger partial charge in [-0.2, -0.15) is 4.57 Å². The maximum absolute atomic E-state index is 2.70. The van der Waals surface area contributed by atoms with Gasteiger partial charge >= 0.3 is 0 Å². The zero-order valence-corrected chi connectivity index (χ0v) is 25.2. The molecule has 6 aromatic rings. The minimum atomic E-state index is -0.0850. The maximum atomic E-state index is 2.70. The van der Waals surface area contributed by atoms with E-state index in [1.165, 1.54) is 74.7 Å². The second-order valence-electron chi connectivity index (χ2n) is 12.4. The lowest BCUT2D eigenvalue weighted by atomic mass is 9.61. The quantitative estimate of drug-likeness (QED) is 0.141. The summed E-state index contributed by atoms with van der Waals surface area (Å²) in [5.74, 6) is 1.30. The van der Waals surface area contributed by atoms with Crippen LogP contribution in [0.25, 0.3) is 49.9 Å². The fourth-order valence-electron chi connectivity index (χ4n) is 8.00. The van der Waals surface area contributed by atoms with Crippen LogP contribution in [0.5, 0.6) is 0 Å². The Bertz CT molecular complexity index is 1920. The van der Waals surface area contributed by atoms with E-state index in [1.54, 1.807) is 0 Å². The van der Waals surface area contributed by atoms with Crippen molar-refractivity contribution in [1.29, 1.82) is 0 Å². The molecule has 3 heterocycles. The van der Waals surface area contributed by atoms with Crippen molar-refractivity contribution in [2.24, 2.45) is 0 Å². The molecule has 208 valence electrons. The molecule has 3 heteroatoms. The van der Waals surface area contributed by atoms with Gasteiger partial charge in [-0.3, -0.25) is 0 Å². The van der Waals surface area contributed by atoms with Gasteiger partial charge in [0, 0.05) is 22.9 Å². The third kappa shape index (κ3) is 3.41. The fraction of sp³-hybridized carbons (Fsp3) is 0.342. The molecule has 2 unspecified atom stereocenters. The summed E-state index contributed by atoms with van der Waals surface area (Å²) in [4.78, 5) is 0. The van der Waals surface area contributed by atoms with Crippen molar-refractivity contribution in [2.45, 2.75) is 84.2 Å². The number of aromatic nitrogens is 3. The van der Waals surface area contributed by atoms with Crippen molar-refractivity contribution in [3.8, 4) is 17.1 Å². The van der Waals surface area contributed by atoms with Crippen molar-refractivity contribution in [2.75, 3.05) is 0 Å². The molecule has 7 rings (SSSR count). The number of para-hydroxylation sites is 3. The smallest absolute Gasteiger partial charge is 0.295 e. The molecule has 1 aliphatic rings. The maximum Gasteiger partial charge on any atom is 0.295 e. The Balaban J connectivity index is 1.65. The number of nitrogens with zero attached hydrogens (tertiary/aromatic N) is 3. The lowest BCUT2D eigenvalue weighted by molar-refractivity contribution is -0.743. The molecule has 1 aliphatic heterocycles. The third-order valence-corrected chi connectivity index (χ3v) is 10.6. The summed E-state index contributed by atoms with van der Waals surface area (Å²) in [5, 5.41) is 2.69. The lowest BCUT2D eigenvalue weighted by Gasteiger charge is -2.47. The summed E-state index contributed by atoms with van der Waals surface area (Å²) in [6.07, 6.45) is 5.82. The highest BCUT2D eigenvalue weighted by atomic mass is 15.2. The topological polar surface area (TPSA) is 13.7 Å². The van der Waals surface area contributed by atoms with Crippen molar-refractivity contribution in [1.82, 2.24) is 9.13 Å². The SMILES string of the molecule is CCCCCn1c2ccccc2c2c(-n3c4[n+](c5ccccc53)C(C)(CC)C(C)(CC)c3ccccc3-4)cccc21. The van der Waals surface area contributed by atoms with E-state index in [2.05, 4.69) is 139 Å². The monoisotopic (exact) mass is 540 g/mol. The summed E-state index contributed by atoms with van der Waals surface area (Å²) in [7, 11) is 0. The summed E-state index contributed by atoms with van der Waals surface area (Å²) in [6, 6.07) is 34.2. The van der Waals surface area contributed by atoms with Gasteiger partial charge in [0.1, 0.15) is 11.2 Å². The van der Waals surface area contributed by atoms with Crippen LogP contribution in [0.1, 0.15) is 72.3 Å². The molecule has 2 atom stereocenters. The second kappa shape index (κ2) is 9.62. The van der Waals surface area contributed by atoms with Gasteiger partial charge in [0.05, 0.1) is 16.5 Å². The van der Waals surface area contributed by atoms with Crippen molar-refractivity contribution in [3.63, 3.8) is 0 Å². The first-order valence-corrected chi connectivity index (χ1v) is 15.7. The Morgan fingerprint density at radius 1 is 0.683 bits per heavy atom. The Morgan fingerprint density at radius 2 is 1.39 bits per heavy atom. The summed E-state index contributed by atoms with van der Waals surface area (Å²) in [6.45, 7) is 13.0. The van der Waals surface area contributed by atoms with Crippen LogP contribution in [0.3, 0.4) is 0 Å². The van der Waals surface area contributed by atoms with Gasteiger partial charge in [-0.15, -0.1) is 0 Å². The molecule has 0 spiro atoms. The molecule has 41 heavy (non-hydrogen) atoms. The van der Waals surface area contributed by atoms with E-state index in [0.29, 0.717) is 0 Å². The van der Waals surface area contributed by atoms with Gasteiger partial charge in [0.15, 0.2) is 11.0 Å². The second-order valence-corrected chi connectivity index (χ2v) is 12.4. The molecule has 0 aliphatic carbocycles. The van der Waals surface area contributed by atoms with Crippen LogP contribution in [0, 0.1) is 0 Å². The Morgan fingerprint density at radius 3 is 2.17 bits per heavy atom. The van der Waals surface area contributed by atoms with Gasteiger partial charge in [0.25, 0.3) is 5.82 Å². The number of hydrogen-bond acceptors (Lipinski definition) is 0. The molecular weight excluding hydrogens is 498 g/mol. The lowest BCUT2D eigenvalue weighted by Crippen LogP contribution is -2.67. The predicted octanol–water partition coefficient (Wildman–Crippen LogP) is 9.69. The van der Waals surface area contributed by atoms with E-state index in [9.17, 15) is 0 Å². The fourth-order valence-corrected chi connectivity index (χ4v) is 8.00. The van der Waals surface area contributed by atoms with E-state index in [1.807, 2.05) is 0 Å². The van der Waals surface area contributed by atoms with E-state index < -0.39 is 0 Å². The number of hydrogen-bond donors (Lipinski definition) is 0. The zero-order valence-electron chi connectivity index (χ0n) is 25.2. The minimum Gasteiger partial charge on any atom is -0.340 e.